The van der Waals surface area contributed by atoms with E-state index >= 15 is 0 Å². The van der Waals surface area contributed by atoms with Crippen LogP contribution in [0.4, 0.5) is 0 Å². The van der Waals surface area contributed by atoms with Crippen LogP contribution in [0.15, 0.2) is 53.1 Å². The number of hydrogen-bond acceptors (Lipinski definition) is 4. The fourth-order valence-corrected chi connectivity index (χ4v) is 2.97. The Morgan fingerprint density at radius 1 is 1.15 bits per heavy atom. The Morgan fingerprint density at radius 3 is 2.67 bits per heavy atom. The molecule has 2 aromatic carbocycles. The van der Waals surface area contributed by atoms with E-state index in [1.165, 1.54) is 11.0 Å². The van der Waals surface area contributed by atoms with Crippen molar-refractivity contribution in [3.8, 4) is 11.4 Å². The maximum Gasteiger partial charge on any atom is 0.246 e. The predicted molar refractivity (Wildman–Crippen MR) is 107 cm³/mol. The Kier molecular flexibility index (Phi) is 6.16. The van der Waals surface area contributed by atoms with Gasteiger partial charge in [-0.3, -0.25) is 4.79 Å². The van der Waals surface area contributed by atoms with Crippen LogP contribution < -0.4 is 0 Å². The van der Waals surface area contributed by atoms with Gasteiger partial charge < -0.3 is 9.42 Å². The molecule has 27 heavy (non-hydrogen) atoms. The lowest BCUT2D eigenvalue weighted by molar-refractivity contribution is -0.125. The smallest absolute Gasteiger partial charge is 0.246 e. The minimum absolute atomic E-state index is 0.162. The Bertz CT molecular complexity index is 1000. The van der Waals surface area contributed by atoms with Crippen molar-refractivity contribution in [1.29, 1.82) is 0 Å². The summed E-state index contributed by atoms with van der Waals surface area (Å²) in [5.74, 6) is 0.442. The van der Waals surface area contributed by atoms with Crippen molar-refractivity contribution in [3.63, 3.8) is 0 Å². The quantitative estimate of drug-likeness (QED) is 0.519. The number of hydrogen-bond donors (Lipinski definition) is 0. The van der Waals surface area contributed by atoms with Crippen LogP contribution in [0.3, 0.4) is 0 Å². The highest BCUT2D eigenvalue weighted by atomic mass is 35.5. The summed E-state index contributed by atoms with van der Waals surface area (Å²) in [7, 11) is 1.63. The van der Waals surface area contributed by atoms with Crippen LogP contribution >= 0.6 is 34.8 Å². The van der Waals surface area contributed by atoms with Gasteiger partial charge in [0.05, 0.1) is 11.6 Å². The normalized spacial score (nSPS) is 11.1. The molecule has 0 unspecified atom stereocenters. The van der Waals surface area contributed by atoms with Gasteiger partial charge in [-0.1, -0.05) is 58.2 Å². The molecule has 1 aromatic heterocycles. The van der Waals surface area contributed by atoms with Crippen molar-refractivity contribution in [2.75, 3.05) is 7.05 Å². The fourth-order valence-electron chi connectivity index (χ4n) is 2.28. The first-order chi connectivity index (χ1) is 12.9. The van der Waals surface area contributed by atoms with Gasteiger partial charge in [0.2, 0.25) is 17.6 Å². The van der Waals surface area contributed by atoms with E-state index in [1.54, 1.807) is 43.5 Å². The number of benzene rings is 2. The summed E-state index contributed by atoms with van der Waals surface area (Å²) in [4.78, 5) is 18.0. The minimum Gasteiger partial charge on any atom is -0.337 e. The Morgan fingerprint density at radius 2 is 1.93 bits per heavy atom. The molecule has 0 bridgehead atoms. The summed E-state index contributed by atoms with van der Waals surface area (Å²) in [6.45, 7) is 0.162. The Hall–Kier alpha value is -2.34. The maximum absolute atomic E-state index is 12.3. The molecule has 3 aromatic rings. The van der Waals surface area contributed by atoms with Crippen molar-refractivity contribution in [1.82, 2.24) is 15.0 Å². The van der Waals surface area contributed by atoms with Gasteiger partial charge in [-0.15, -0.1) is 0 Å². The molecule has 0 fully saturated rings. The standard InChI is InChI=1S/C19H14Cl3N3O2/c1-25(18(26)9-7-12-6-8-13(20)10-16(12)22)11-17-23-19(24-27-17)14-4-2-3-5-15(14)21/h2-10H,11H2,1H3. The average molecular weight is 423 g/mol. The molecule has 0 aliphatic carbocycles. The lowest BCUT2D eigenvalue weighted by Crippen LogP contribution is -2.24. The van der Waals surface area contributed by atoms with Gasteiger partial charge in [-0.25, -0.2) is 0 Å². The van der Waals surface area contributed by atoms with Crippen LogP contribution in [0.25, 0.3) is 17.5 Å². The van der Waals surface area contributed by atoms with Gasteiger partial charge in [0.15, 0.2) is 0 Å². The molecule has 3 rings (SSSR count). The molecule has 0 aliphatic rings. The number of amides is 1. The second-order valence-electron chi connectivity index (χ2n) is 5.69. The van der Waals surface area contributed by atoms with Crippen LogP contribution in [-0.2, 0) is 11.3 Å². The van der Waals surface area contributed by atoms with Crippen molar-refractivity contribution in [2.24, 2.45) is 0 Å². The number of carbonyl (C=O) groups is 1. The SMILES string of the molecule is CN(Cc1nc(-c2ccccc2Cl)no1)C(=O)C=Cc1ccc(Cl)cc1Cl. The average Bonchev–Trinajstić information content (AvgIpc) is 3.09. The highest BCUT2D eigenvalue weighted by molar-refractivity contribution is 6.35. The third kappa shape index (κ3) is 4.89. The van der Waals surface area contributed by atoms with E-state index < -0.39 is 0 Å². The molecule has 1 amide bonds. The number of likely N-dealkylation sites (N-methyl/N-ethyl adjacent to an activating group) is 1. The van der Waals surface area contributed by atoms with Crippen molar-refractivity contribution >= 4 is 46.8 Å². The molecule has 0 saturated carbocycles. The highest BCUT2D eigenvalue weighted by Crippen LogP contribution is 2.25. The van der Waals surface area contributed by atoms with Gasteiger partial charge in [0.1, 0.15) is 0 Å². The van der Waals surface area contributed by atoms with Gasteiger partial charge in [0, 0.05) is 28.7 Å². The van der Waals surface area contributed by atoms with Crippen LogP contribution in [0.2, 0.25) is 15.1 Å². The molecule has 0 N–H and O–H groups in total. The number of carbonyl (C=O) groups excluding carboxylic acids is 1. The lowest BCUT2D eigenvalue weighted by atomic mass is 10.2. The largest absolute Gasteiger partial charge is 0.337 e. The zero-order valence-corrected chi connectivity index (χ0v) is 16.5. The van der Waals surface area contributed by atoms with Gasteiger partial charge in [0.25, 0.3) is 0 Å². The first-order valence-corrected chi connectivity index (χ1v) is 9.03. The van der Waals surface area contributed by atoms with Crippen LogP contribution in [-0.4, -0.2) is 28.0 Å². The summed E-state index contributed by atoms with van der Waals surface area (Å²) < 4.78 is 5.22. The summed E-state index contributed by atoms with van der Waals surface area (Å²) in [5, 5.41) is 5.44. The molecular formula is C19H14Cl3N3O2. The van der Waals surface area contributed by atoms with Gasteiger partial charge in [-0.05, 0) is 35.9 Å². The van der Waals surface area contributed by atoms with E-state index in [2.05, 4.69) is 10.1 Å². The van der Waals surface area contributed by atoms with Crippen LogP contribution in [0.1, 0.15) is 11.5 Å². The highest BCUT2D eigenvalue weighted by Gasteiger charge is 2.14. The third-order valence-electron chi connectivity index (χ3n) is 3.70. The first kappa shape index (κ1) is 19.4. The monoisotopic (exact) mass is 421 g/mol. The zero-order valence-electron chi connectivity index (χ0n) is 14.2. The molecule has 8 heteroatoms. The number of rotatable bonds is 5. The second-order valence-corrected chi connectivity index (χ2v) is 6.94. The molecule has 0 spiro atoms. The first-order valence-electron chi connectivity index (χ1n) is 7.90. The Labute approximate surface area is 171 Å². The van der Waals surface area contributed by atoms with Crippen molar-refractivity contribution in [3.05, 3.63) is 75.1 Å². The van der Waals surface area contributed by atoms with Gasteiger partial charge in [-0.2, -0.15) is 4.98 Å². The topological polar surface area (TPSA) is 59.2 Å². The Balaban J connectivity index is 1.66. The zero-order chi connectivity index (χ0) is 19.4. The van der Waals surface area contributed by atoms with Crippen LogP contribution in [0, 0.1) is 0 Å². The number of aromatic nitrogens is 2. The molecular weight excluding hydrogens is 409 g/mol. The van der Waals surface area contributed by atoms with Gasteiger partial charge >= 0.3 is 0 Å². The maximum atomic E-state index is 12.3. The molecule has 0 saturated heterocycles. The summed E-state index contributed by atoms with van der Waals surface area (Å²) in [6, 6.07) is 12.3. The van der Waals surface area contributed by atoms with E-state index in [-0.39, 0.29) is 12.5 Å². The summed E-state index contributed by atoms with van der Waals surface area (Å²) >= 11 is 18.1. The molecule has 1 heterocycles. The molecule has 138 valence electrons. The minimum atomic E-state index is -0.237. The lowest BCUT2D eigenvalue weighted by Gasteiger charge is -2.11. The number of nitrogens with zero attached hydrogens (tertiary/aromatic N) is 3. The summed E-state index contributed by atoms with van der Waals surface area (Å²) in [5.41, 5.74) is 1.36. The third-order valence-corrected chi connectivity index (χ3v) is 4.59. The van der Waals surface area contributed by atoms with Crippen molar-refractivity contribution < 1.29 is 9.32 Å². The van der Waals surface area contributed by atoms with Crippen LogP contribution in [0.5, 0.6) is 0 Å². The predicted octanol–water partition coefficient (Wildman–Crippen LogP) is 5.37. The van der Waals surface area contributed by atoms with E-state index in [1.807, 2.05) is 12.1 Å². The fraction of sp³-hybridized carbons (Fsp3) is 0.105. The second kappa shape index (κ2) is 8.57. The van der Waals surface area contributed by atoms with E-state index in [9.17, 15) is 4.79 Å². The van der Waals surface area contributed by atoms with Crippen molar-refractivity contribution in [2.45, 2.75) is 6.54 Å². The van der Waals surface area contributed by atoms with E-state index in [0.29, 0.717) is 37.9 Å². The molecule has 0 radical (unpaired) electrons. The molecule has 0 aliphatic heterocycles. The molecule has 0 atom stereocenters. The summed E-state index contributed by atoms with van der Waals surface area (Å²) in [6.07, 6.45) is 3.04. The van der Waals surface area contributed by atoms with E-state index in [4.69, 9.17) is 39.3 Å². The van der Waals surface area contributed by atoms with E-state index in [0.717, 1.165) is 0 Å². The number of halogens is 3. The molecule has 5 nitrogen and oxygen atoms in total.